The molecule has 0 amide bonds. The van der Waals surface area contributed by atoms with Gasteiger partial charge in [-0.2, -0.15) is 0 Å². The van der Waals surface area contributed by atoms with Crippen LogP contribution in [0.5, 0.6) is 0 Å². The second-order valence-corrected chi connectivity index (χ2v) is 30.9. The molecule has 91 heavy (non-hydrogen) atoms. The van der Waals surface area contributed by atoms with E-state index in [1.54, 1.807) is 24.3 Å². The molecule has 0 N–H and O–H groups in total. The van der Waals surface area contributed by atoms with E-state index in [1.165, 1.54) is 410 Å². The van der Waals surface area contributed by atoms with E-state index in [2.05, 4.69) is 13.8 Å². The topological polar surface area (TPSA) is 114 Å². The van der Waals surface area contributed by atoms with Crippen molar-refractivity contribution in [3.63, 3.8) is 0 Å². The van der Waals surface area contributed by atoms with Crippen molar-refractivity contribution in [3.05, 3.63) is 59.7 Å². The molecule has 0 atom stereocenters. The molecule has 0 fully saturated rings. The van der Waals surface area contributed by atoms with Gasteiger partial charge >= 0.3 is 23.1 Å². The summed E-state index contributed by atoms with van der Waals surface area (Å²) in [7, 11) is -8.73. The molecule has 0 saturated heterocycles. The second kappa shape index (κ2) is 70.3. The first-order chi connectivity index (χ1) is 44.1. The van der Waals surface area contributed by atoms with Gasteiger partial charge < -0.3 is 9.11 Å². The zero-order chi connectivity index (χ0) is 65.0. The van der Waals surface area contributed by atoms with Crippen molar-refractivity contribution in [2.75, 3.05) is 0 Å². The van der Waals surface area contributed by atoms with Gasteiger partial charge in [-0.3, -0.25) is 0 Å². The number of hydrogen-bond donors (Lipinski definition) is 0. The summed E-state index contributed by atoms with van der Waals surface area (Å²) in [4.78, 5) is -0.0817. The predicted molar refractivity (Wildman–Crippen MR) is 398 cm³/mol. The quantitative estimate of drug-likeness (QED) is 0.0370. The number of aryl methyl sites for hydroxylation is 2. The van der Waals surface area contributed by atoms with Crippen LogP contribution in [0.15, 0.2) is 58.3 Å². The Morgan fingerprint density at radius 3 is 0.462 bits per heavy atom. The average Bonchev–Trinajstić information content (AvgIpc) is 2.39. The van der Waals surface area contributed by atoms with Gasteiger partial charge in [0.25, 0.3) is 0 Å². The van der Waals surface area contributed by atoms with Gasteiger partial charge in [0.05, 0.1) is 9.79 Å². The van der Waals surface area contributed by atoms with Crippen LogP contribution in [-0.2, 0) is 33.1 Å². The van der Waals surface area contributed by atoms with Crippen LogP contribution in [0, 0.1) is 0 Å². The summed E-state index contributed by atoms with van der Waals surface area (Å²) in [6, 6.07) is 13.3. The van der Waals surface area contributed by atoms with E-state index < -0.39 is 20.2 Å². The Bertz CT molecular complexity index is 1850. The van der Waals surface area contributed by atoms with E-state index in [0.29, 0.717) is 24.0 Å². The molecule has 0 bridgehead atoms. The van der Waals surface area contributed by atoms with Gasteiger partial charge in [-0.15, -0.1) is 0 Å². The fourth-order valence-corrected chi connectivity index (χ4v) is 15.1. The van der Waals surface area contributed by atoms with Crippen LogP contribution in [0.3, 0.4) is 0 Å². The van der Waals surface area contributed by atoms with Crippen LogP contribution in [0.2, 0.25) is 0 Å². The van der Waals surface area contributed by atoms with Crippen LogP contribution in [0.25, 0.3) is 0 Å². The SMILES string of the molecule is CCCCCCCCCCCCCCCCCCCCCCCCCCCCCCCCCCCc1ccccc1S(=O)(=O)[O-].CCCCCCCCCCCCCCCCCCCCCCCCCCCCCCCCCCCc1ccccc1S(=O)(=O)[O-].[Mg+2]. The Morgan fingerprint density at radius 2 is 0.330 bits per heavy atom. The molecule has 2 rings (SSSR count). The molecule has 0 spiro atoms. The maximum Gasteiger partial charge on any atom is 2.00 e. The molecule has 0 heterocycles. The van der Waals surface area contributed by atoms with E-state index in [1.807, 2.05) is 12.1 Å². The number of benzene rings is 2. The molecule has 0 radical (unpaired) electrons. The van der Waals surface area contributed by atoms with E-state index in [4.69, 9.17) is 0 Å². The van der Waals surface area contributed by atoms with Crippen molar-refractivity contribution in [3.8, 4) is 0 Å². The molecule has 0 aliphatic carbocycles. The molecular formula is C82H150MgO6S2. The van der Waals surface area contributed by atoms with E-state index >= 15 is 0 Å². The van der Waals surface area contributed by atoms with Gasteiger partial charge in [-0.05, 0) is 48.9 Å². The number of rotatable bonds is 70. The second-order valence-electron chi connectivity index (χ2n) is 28.3. The summed E-state index contributed by atoms with van der Waals surface area (Å²) in [5.41, 5.74) is 1.35. The Kier molecular flexibility index (Phi) is 69.6. The molecule has 2 aromatic carbocycles. The molecule has 528 valence electrons. The van der Waals surface area contributed by atoms with E-state index in [9.17, 15) is 25.9 Å². The molecule has 9 heteroatoms. The van der Waals surface area contributed by atoms with Gasteiger partial charge in [0, 0.05) is 0 Å². The first-order valence-corrected chi connectivity index (χ1v) is 43.0. The van der Waals surface area contributed by atoms with Gasteiger partial charge in [0.1, 0.15) is 20.2 Å². The summed E-state index contributed by atoms with van der Waals surface area (Å²) in [6.07, 6.45) is 93.8. The van der Waals surface area contributed by atoms with Crippen LogP contribution >= 0.6 is 0 Å². The fraction of sp³-hybridized carbons (Fsp3) is 0.854. The van der Waals surface area contributed by atoms with E-state index in [-0.39, 0.29) is 32.8 Å². The van der Waals surface area contributed by atoms with Crippen molar-refractivity contribution in [1.29, 1.82) is 0 Å². The molecule has 0 saturated carbocycles. The third-order valence-electron chi connectivity index (χ3n) is 19.6. The Balaban J connectivity index is 0.00000176. The van der Waals surface area contributed by atoms with Crippen molar-refractivity contribution in [1.82, 2.24) is 0 Å². The van der Waals surface area contributed by atoms with Crippen LogP contribution in [-0.4, -0.2) is 49.0 Å². The van der Waals surface area contributed by atoms with Crippen LogP contribution < -0.4 is 0 Å². The Labute approximate surface area is 585 Å². The zero-order valence-corrected chi connectivity index (χ0v) is 63.7. The third kappa shape index (κ3) is 63.5. The summed E-state index contributed by atoms with van der Waals surface area (Å²) in [6.45, 7) is 4.60. The van der Waals surface area contributed by atoms with Crippen LogP contribution in [0.1, 0.15) is 449 Å². The normalized spacial score (nSPS) is 11.7. The summed E-state index contributed by atoms with van der Waals surface area (Å²) in [5.74, 6) is 0. The summed E-state index contributed by atoms with van der Waals surface area (Å²) in [5, 5.41) is 0. The maximum absolute atomic E-state index is 11.4. The van der Waals surface area contributed by atoms with E-state index in [0.717, 1.165) is 25.7 Å². The standard InChI is InChI=1S/2C41H76O3S.Mg/c2*1-2-3-4-5-6-7-8-9-10-11-12-13-14-15-16-17-18-19-20-21-22-23-24-25-26-27-28-29-30-31-32-33-34-37-40-38-35-36-39-41(40)45(42,43)44;/h2*35-36,38-39H,2-34,37H2,1H3,(H,42,43,44);/q;;+2/p-2. The molecule has 0 aromatic heterocycles. The molecule has 6 nitrogen and oxygen atoms in total. The van der Waals surface area contributed by atoms with Gasteiger partial charge in [-0.25, -0.2) is 16.8 Å². The molecular weight excluding hydrogens is 1170 g/mol. The van der Waals surface area contributed by atoms with Crippen molar-refractivity contribution in [2.45, 2.75) is 460 Å². The number of unbranched alkanes of at least 4 members (excludes halogenated alkanes) is 64. The fourth-order valence-electron chi connectivity index (χ4n) is 13.6. The third-order valence-corrected chi connectivity index (χ3v) is 21.5. The molecule has 0 aliphatic rings. The molecule has 2 aromatic rings. The van der Waals surface area contributed by atoms with Gasteiger partial charge in [0.2, 0.25) is 0 Å². The Morgan fingerprint density at radius 1 is 0.209 bits per heavy atom. The van der Waals surface area contributed by atoms with Crippen molar-refractivity contribution in [2.24, 2.45) is 0 Å². The largest absolute Gasteiger partial charge is 2.00 e. The molecule has 0 unspecified atom stereocenters. The minimum atomic E-state index is -4.37. The minimum Gasteiger partial charge on any atom is -0.744 e. The smallest absolute Gasteiger partial charge is 0.744 e. The van der Waals surface area contributed by atoms with Gasteiger partial charge in [0.15, 0.2) is 0 Å². The average molecular weight is 1320 g/mol. The summed E-state index contributed by atoms with van der Waals surface area (Å²) >= 11 is 0. The van der Waals surface area contributed by atoms with Gasteiger partial charge in [-0.1, -0.05) is 461 Å². The minimum absolute atomic E-state index is 0. The van der Waals surface area contributed by atoms with Crippen molar-refractivity contribution >= 4 is 43.3 Å². The first kappa shape index (κ1) is 90.0. The summed E-state index contributed by atoms with van der Waals surface area (Å²) < 4.78 is 68.3. The van der Waals surface area contributed by atoms with Crippen molar-refractivity contribution < 1.29 is 25.9 Å². The first-order valence-electron chi connectivity index (χ1n) is 40.2. The maximum atomic E-state index is 11.4. The zero-order valence-electron chi connectivity index (χ0n) is 60.7. The predicted octanol–water partition coefficient (Wildman–Crippen LogP) is 27.7. The van der Waals surface area contributed by atoms with Crippen LogP contribution in [0.4, 0.5) is 0 Å². The monoisotopic (exact) mass is 1320 g/mol. The molecule has 0 aliphatic heterocycles. The Hall–Kier alpha value is -0.974. The number of hydrogen-bond acceptors (Lipinski definition) is 6.